The zero-order valence-electron chi connectivity index (χ0n) is 8.45. The molecule has 0 aromatic rings. The molecule has 14 heavy (non-hydrogen) atoms. The summed E-state index contributed by atoms with van der Waals surface area (Å²) < 4.78 is 0. The van der Waals surface area contributed by atoms with Crippen LogP contribution in [0.5, 0.6) is 0 Å². The first-order valence-corrected chi connectivity index (χ1v) is 2.72. The number of aliphatic carboxylic acids is 3. The van der Waals surface area contributed by atoms with E-state index in [1.165, 1.54) is 0 Å². The summed E-state index contributed by atoms with van der Waals surface area (Å²) in [6.07, 6.45) is 0. The van der Waals surface area contributed by atoms with E-state index in [2.05, 4.69) is 0 Å². The second kappa shape index (κ2) is 23.0. The Morgan fingerprint density at radius 2 is 0.714 bits per heavy atom. The smallest absolute Gasteiger partial charge is 0.0383 e. The van der Waals surface area contributed by atoms with Gasteiger partial charge in [-0.15, -0.1) is 0 Å². The molecule has 0 aliphatic heterocycles. The van der Waals surface area contributed by atoms with Gasteiger partial charge in [-0.2, -0.15) is 0 Å². The Morgan fingerprint density at radius 3 is 0.714 bits per heavy atom. The second-order valence-corrected chi connectivity index (χ2v) is 1.47. The normalized spacial score (nSPS) is 5.36. The molecule has 0 aliphatic rings. The number of carbonyl (C=O) groups is 3. The monoisotopic (exact) mass is 335 g/mol. The largest absolute Gasteiger partial charge is 0.550 e. The summed E-state index contributed by atoms with van der Waals surface area (Å²) in [5.41, 5.74) is 0. The van der Waals surface area contributed by atoms with E-state index >= 15 is 0 Å². The van der Waals surface area contributed by atoms with Gasteiger partial charge >= 0.3 is 0 Å². The third-order valence-electron chi connectivity index (χ3n) is 0. The summed E-state index contributed by atoms with van der Waals surface area (Å²) in [6.45, 7) is 2.92. The van der Waals surface area contributed by atoms with Crippen LogP contribution in [0.3, 0.4) is 0 Å². The average molecular weight is 335 g/mol. The predicted molar refractivity (Wildman–Crippen MR) is 38.0 cm³/mol. The number of quaternary nitrogens is 1. The van der Waals surface area contributed by atoms with Gasteiger partial charge < -0.3 is 35.9 Å². The summed E-state index contributed by atoms with van der Waals surface area (Å²) in [5.74, 6) is -3.25. The van der Waals surface area contributed by atoms with Gasteiger partial charge in [0.2, 0.25) is 0 Å². The van der Waals surface area contributed by atoms with Gasteiger partial charge in [-0.3, -0.25) is 0 Å². The van der Waals surface area contributed by atoms with Crippen LogP contribution < -0.4 is 21.5 Å². The van der Waals surface area contributed by atoms with Crippen molar-refractivity contribution in [3.8, 4) is 0 Å². The van der Waals surface area contributed by atoms with Crippen LogP contribution in [0.15, 0.2) is 0 Å². The summed E-state index contributed by atoms with van der Waals surface area (Å²) in [6, 6.07) is 0. The Balaban J connectivity index is -0.0000000270. The molecule has 0 bridgehead atoms. The van der Waals surface area contributed by atoms with E-state index in [1.54, 1.807) is 0 Å². The number of carbonyl (C=O) groups excluding carboxylic acids is 3. The van der Waals surface area contributed by atoms with Crippen molar-refractivity contribution in [2.45, 2.75) is 20.8 Å². The molecule has 0 radical (unpaired) electrons. The first-order chi connectivity index (χ1) is 5.20. The number of hydrogen-bond acceptors (Lipinski definition) is 6. The third kappa shape index (κ3) is 21100. The maximum Gasteiger partial charge on any atom is 0.0383 e. The zero-order chi connectivity index (χ0) is 10.7. The Morgan fingerprint density at radius 1 is 0.714 bits per heavy atom. The summed E-state index contributed by atoms with van der Waals surface area (Å²) in [7, 11) is 0. The number of carboxylic acid groups (broad SMARTS) is 3. The summed E-state index contributed by atoms with van der Waals surface area (Å²) in [4.78, 5) is 26.7. The van der Waals surface area contributed by atoms with Gasteiger partial charge in [-0.1, -0.05) is 0 Å². The van der Waals surface area contributed by atoms with E-state index in [9.17, 15) is 0 Å². The molecule has 0 heterocycles. The summed E-state index contributed by atoms with van der Waals surface area (Å²) >= 11 is 0. The quantitative estimate of drug-likeness (QED) is 0.487. The van der Waals surface area contributed by atoms with E-state index < -0.39 is 17.9 Å². The molecule has 0 fully saturated rings. The molecule has 0 saturated heterocycles. The Labute approximate surface area is 115 Å². The van der Waals surface area contributed by atoms with Gasteiger partial charge in [0, 0.05) is 59.7 Å². The number of hydrogen-bond donors (Lipinski definition) is 1. The van der Waals surface area contributed by atoms with Crippen LogP contribution in [-0.2, 0) is 14.4 Å². The molecule has 4 N–H and O–H groups in total. The van der Waals surface area contributed by atoms with Crippen LogP contribution in [-0.4, -0.2) is 17.9 Å². The first kappa shape index (κ1) is 29.2. The fourth-order valence-corrected chi connectivity index (χ4v) is 0. The van der Waals surface area contributed by atoms with E-state index in [0.29, 0.717) is 0 Å². The van der Waals surface area contributed by atoms with Crippen LogP contribution in [0.2, 0.25) is 0 Å². The van der Waals surface area contributed by atoms with Crippen LogP contribution in [0.4, 0.5) is 0 Å². The molecule has 0 aromatic heterocycles. The van der Waals surface area contributed by atoms with Gasteiger partial charge in [-0.05, 0) is 20.8 Å². The van der Waals surface area contributed by atoms with Crippen LogP contribution in [0.25, 0.3) is 0 Å². The molecule has 0 amide bonds. The fraction of sp³-hybridized carbons (Fsp3) is 0.500. The average Bonchev–Trinajstić information content (AvgIpc) is 1.54. The van der Waals surface area contributed by atoms with E-state index in [1.807, 2.05) is 0 Å². The molecule has 8 heteroatoms. The molecular weight excluding hydrogens is 322 g/mol. The maximum absolute atomic E-state index is 8.89. The van der Waals surface area contributed by atoms with E-state index in [0.717, 1.165) is 20.8 Å². The van der Waals surface area contributed by atoms with Crippen LogP contribution in [0, 0.1) is 41.7 Å². The van der Waals surface area contributed by atoms with Gasteiger partial charge in [0.05, 0.1) is 0 Å². The van der Waals surface area contributed by atoms with Crippen molar-refractivity contribution in [3.63, 3.8) is 0 Å². The molecular formula is C6H13CeNO6-2. The molecule has 0 aliphatic carbocycles. The minimum Gasteiger partial charge on any atom is -0.550 e. The fourth-order valence-electron chi connectivity index (χ4n) is 0. The van der Waals surface area contributed by atoms with Crippen molar-refractivity contribution < 1.29 is 71.5 Å². The Hall–Kier alpha value is -0.253. The molecule has 0 unspecified atom stereocenters. The molecule has 0 spiro atoms. The number of carboxylic acids is 3. The van der Waals surface area contributed by atoms with Gasteiger partial charge in [0.1, 0.15) is 0 Å². The van der Waals surface area contributed by atoms with Crippen molar-refractivity contribution in [1.29, 1.82) is 0 Å². The predicted octanol–water partition coefficient (Wildman–Crippen LogP) is -3.36. The third-order valence-corrected chi connectivity index (χ3v) is 0. The topological polar surface area (TPSA) is 157 Å². The minimum atomic E-state index is -1.08. The molecule has 0 aromatic carbocycles. The van der Waals surface area contributed by atoms with Gasteiger partial charge in [0.25, 0.3) is 0 Å². The second-order valence-electron chi connectivity index (χ2n) is 1.47. The molecule has 0 rings (SSSR count). The molecule has 0 atom stereocenters. The molecule has 0 saturated carbocycles. The Bertz CT molecular complexity index is 120. The Kier molecular flexibility index (Phi) is 47.9. The van der Waals surface area contributed by atoms with Crippen molar-refractivity contribution in [2.24, 2.45) is 0 Å². The maximum atomic E-state index is 8.89. The molecule has 7 nitrogen and oxygen atoms in total. The van der Waals surface area contributed by atoms with Crippen LogP contribution in [0.1, 0.15) is 20.8 Å². The van der Waals surface area contributed by atoms with Gasteiger partial charge in [-0.25, -0.2) is 0 Å². The van der Waals surface area contributed by atoms with Crippen LogP contribution >= 0.6 is 0 Å². The minimum absolute atomic E-state index is 0. The number of rotatable bonds is 0. The van der Waals surface area contributed by atoms with Crippen molar-refractivity contribution >= 4 is 17.9 Å². The summed E-state index contributed by atoms with van der Waals surface area (Å²) in [5, 5.41) is 26.7. The van der Waals surface area contributed by atoms with E-state index in [-0.39, 0.29) is 47.9 Å². The van der Waals surface area contributed by atoms with Gasteiger partial charge in [0.15, 0.2) is 0 Å². The standard InChI is InChI=1S/3C2H4O2.Ce.H3N/c3*1-2(3)4;;/h3*1H3,(H,3,4);;1H3/p-2. The zero-order valence-corrected chi connectivity index (χ0v) is 11.6. The van der Waals surface area contributed by atoms with Crippen molar-refractivity contribution in [1.82, 2.24) is 6.15 Å². The van der Waals surface area contributed by atoms with Crippen molar-refractivity contribution in [2.75, 3.05) is 0 Å². The van der Waals surface area contributed by atoms with E-state index in [4.69, 9.17) is 29.7 Å². The van der Waals surface area contributed by atoms with Crippen molar-refractivity contribution in [3.05, 3.63) is 0 Å². The first-order valence-electron chi connectivity index (χ1n) is 2.72. The molecule has 84 valence electrons. The SMILES string of the molecule is CC(=O)[O-].CC(=O)[O-].CC(=O)[O-].[Ce].[NH4+].